The van der Waals surface area contributed by atoms with Crippen molar-refractivity contribution in [3.8, 4) is 33.4 Å². The lowest BCUT2D eigenvalue weighted by atomic mass is 9.82. The van der Waals surface area contributed by atoms with Gasteiger partial charge in [-0.1, -0.05) is 151 Å². The maximum atomic E-state index is 9.47. The van der Waals surface area contributed by atoms with Crippen LogP contribution in [0, 0.1) is 0 Å². The van der Waals surface area contributed by atoms with Crippen molar-refractivity contribution in [1.29, 1.82) is 0 Å². The Kier molecular flexibility index (Phi) is 3.18. The van der Waals surface area contributed by atoms with Crippen LogP contribution in [0.25, 0.3) is 87.6 Å². The van der Waals surface area contributed by atoms with Crippen LogP contribution >= 0.6 is 0 Å². The van der Waals surface area contributed by atoms with Crippen LogP contribution in [0.3, 0.4) is 0 Å². The molecular formula is C42H26O. The topological polar surface area (TPSA) is 13.1 Å². The third kappa shape index (κ3) is 3.58. The minimum Gasteiger partial charge on any atom is -0.455 e. The molecule has 0 aliphatic heterocycles. The lowest BCUT2D eigenvalue weighted by molar-refractivity contribution is 0.670. The quantitative estimate of drug-likeness (QED) is 0.196. The smallest absolute Gasteiger partial charge is 0.143 e. The first-order valence-electron chi connectivity index (χ1n) is 20.2. The van der Waals surface area contributed by atoms with Gasteiger partial charge in [-0.05, 0) is 60.6 Å². The Morgan fingerprint density at radius 2 is 0.977 bits per heavy atom. The van der Waals surface area contributed by atoms with Crippen molar-refractivity contribution in [3.63, 3.8) is 0 Å². The molecule has 0 saturated carbocycles. The first-order valence-corrected chi connectivity index (χ1v) is 13.7. The summed E-state index contributed by atoms with van der Waals surface area (Å²) in [7, 11) is 0. The van der Waals surface area contributed by atoms with Crippen molar-refractivity contribution in [2.24, 2.45) is 0 Å². The van der Waals surface area contributed by atoms with Gasteiger partial charge in [-0.3, -0.25) is 0 Å². The fourth-order valence-electron chi connectivity index (χ4n) is 6.23. The van der Waals surface area contributed by atoms with E-state index in [2.05, 4.69) is 0 Å². The van der Waals surface area contributed by atoms with Gasteiger partial charge in [-0.15, -0.1) is 0 Å². The normalized spacial score (nSPS) is 16.0. The second kappa shape index (κ2) is 9.44. The van der Waals surface area contributed by atoms with Crippen LogP contribution < -0.4 is 0 Å². The van der Waals surface area contributed by atoms with E-state index in [1.165, 1.54) is 0 Å². The summed E-state index contributed by atoms with van der Waals surface area (Å²) in [4.78, 5) is 0. The van der Waals surface area contributed by atoms with Gasteiger partial charge in [0.15, 0.2) is 0 Å². The van der Waals surface area contributed by atoms with Crippen LogP contribution in [0.15, 0.2) is 162 Å². The number of para-hydroxylation sites is 2. The highest BCUT2D eigenvalue weighted by molar-refractivity contribution is 6.25. The monoisotopic (exact) mass is 559 g/mol. The van der Waals surface area contributed by atoms with E-state index < -0.39 is 78.6 Å². The Morgan fingerprint density at radius 3 is 1.70 bits per heavy atom. The van der Waals surface area contributed by atoms with Gasteiger partial charge in [0.05, 0.1) is 17.8 Å². The molecule has 0 N–H and O–H groups in total. The van der Waals surface area contributed by atoms with Crippen LogP contribution in [0.2, 0.25) is 0 Å². The summed E-state index contributed by atoms with van der Waals surface area (Å²) in [5.74, 6) is 0. The summed E-state index contributed by atoms with van der Waals surface area (Å²) in [6.45, 7) is 0. The lowest BCUT2D eigenvalue weighted by Gasteiger charge is -2.21. The molecule has 0 spiro atoms. The Balaban J connectivity index is 1.62. The standard InChI is InChI=1S/C42H26O/c1-2-14-28(15-3-1)39-29-16-5-4-13-27(29)25-26-36(39)40-31-18-6-8-20-33(31)41(34-21-9-7-19-32(34)40)37-23-12-22-35-30-17-10-11-24-38(30)43-42(35)37/h1-26H/i1D,2D,3D,6D,7D,8D,9D,14D,15D,18D,19D,20D,21D. The summed E-state index contributed by atoms with van der Waals surface area (Å²) in [5, 5.41) is 2.28. The van der Waals surface area contributed by atoms with E-state index in [0.29, 0.717) is 32.9 Å². The molecule has 8 aromatic carbocycles. The molecule has 0 atom stereocenters. The molecule has 1 nitrogen and oxygen atoms in total. The minimum atomic E-state index is -0.603. The second-order valence-corrected chi connectivity index (χ2v) is 10.2. The molecule has 0 aliphatic carbocycles. The van der Waals surface area contributed by atoms with Gasteiger partial charge < -0.3 is 4.42 Å². The van der Waals surface area contributed by atoms with Crippen molar-refractivity contribution in [3.05, 3.63) is 157 Å². The SMILES string of the molecule is [2H]c1c([2H])c([2H])c(-c2c(-c3c4c([2H])c([2H])c([2H])c([2H])c4c(-c4cccc5c4oc4ccccc45)c4c([2H])c([2H])c([2H])c([2H])c34)ccc3ccccc23)c([2H])c1[2H]. The van der Waals surface area contributed by atoms with Crippen molar-refractivity contribution in [2.45, 2.75) is 0 Å². The van der Waals surface area contributed by atoms with E-state index in [-0.39, 0.29) is 49.4 Å². The third-order valence-electron chi connectivity index (χ3n) is 8.00. The predicted octanol–water partition coefficient (Wildman–Crippen LogP) is 12.0. The number of benzene rings is 8. The molecule has 9 rings (SSSR count). The summed E-state index contributed by atoms with van der Waals surface area (Å²) in [5.41, 5.74) is 1.41. The van der Waals surface area contributed by atoms with Gasteiger partial charge >= 0.3 is 0 Å². The minimum absolute atomic E-state index is 0.0119. The van der Waals surface area contributed by atoms with E-state index in [1.54, 1.807) is 54.6 Å². The average molecular weight is 560 g/mol. The van der Waals surface area contributed by atoms with Crippen molar-refractivity contribution in [2.75, 3.05) is 0 Å². The Bertz CT molecular complexity index is 3130. The predicted molar refractivity (Wildman–Crippen MR) is 183 cm³/mol. The molecule has 200 valence electrons. The summed E-state index contributed by atoms with van der Waals surface area (Å²) in [6, 6.07) is 15.9. The van der Waals surface area contributed by atoms with Crippen LogP contribution in [-0.2, 0) is 0 Å². The van der Waals surface area contributed by atoms with E-state index in [0.717, 1.165) is 5.39 Å². The van der Waals surface area contributed by atoms with Crippen LogP contribution in [0.5, 0.6) is 0 Å². The Morgan fingerprint density at radius 1 is 0.395 bits per heavy atom. The molecule has 0 bridgehead atoms. The first kappa shape index (κ1) is 14.5. The highest BCUT2D eigenvalue weighted by atomic mass is 16.3. The average Bonchev–Trinajstić information content (AvgIpc) is 3.60. The highest BCUT2D eigenvalue weighted by Gasteiger charge is 2.22. The zero-order valence-corrected chi connectivity index (χ0v) is 22.4. The van der Waals surface area contributed by atoms with Gasteiger partial charge in [0.1, 0.15) is 11.2 Å². The molecular weight excluding hydrogens is 520 g/mol. The lowest BCUT2D eigenvalue weighted by Crippen LogP contribution is -1.93. The van der Waals surface area contributed by atoms with Crippen molar-refractivity contribution in [1.82, 2.24) is 0 Å². The summed E-state index contributed by atoms with van der Waals surface area (Å²) < 4.78 is 123. The first-order chi connectivity index (χ1) is 26.8. The number of hydrogen-bond donors (Lipinski definition) is 0. The fourth-order valence-corrected chi connectivity index (χ4v) is 6.23. The molecule has 1 heteroatoms. The number of rotatable bonds is 3. The van der Waals surface area contributed by atoms with Gasteiger partial charge in [0, 0.05) is 21.9 Å². The van der Waals surface area contributed by atoms with Gasteiger partial charge in [-0.25, -0.2) is 0 Å². The molecule has 1 aromatic heterocycles. The highest BCUT2D eigenvalue weighted by Crippen LogP contribution is 2.49. The molecule has 9 aromatic rings. The zero-order valence-electron chi connectivity index (χ0n) is 35.4. The fraction of sp³-hybridized carbons (Fsp3) is 0. The van der Waals surface area contributed by atoms with E-state index in [4.69, 9.17) is 16.8 Å². The number of fused-ring (bicyclic) bond motifs is 6. The van der Waals surface area contributed by atoms with Gasteiger partial charge in [0.25, 0.3) is 0 Å². The molecule has 43 heavy (non-hydrogen) atoms. The Labute approximate surface area is 267 Å². The van der Waals surface area contributed by atoms with Crippen molar-refractivity contribution < 1.29 is 22.2 Å². The summed E-state index contributed by atoms with van der Waals surface area (Å²) in [6.07, 6.45) is 0. The summed E-state index contributed by atoms with van der Waals surface area (Å²) >= 11 is 0. The molecule has 0 aliphatic rings. The van der Waals surface area contributed by atoms with Crippen LogP contribution in [-0.4, -0.2) is 0 Å². The Hall–Kier alpha value is -5.66. The second-order valence-electron chi connectivity index (χ2n) is 10.2. The third-order valence-corrected chi connectivity index (χ3v) is 8.00. The van der Waals surface area contributed by atoms with Crippen molar-refractivity contribution >= 4 is 54.3 Å². The zero-order chi connectivity index (χ0) is 39.6. The van der Waals surface area contributed by atoms with E-state index in [9.17, 15) is 5.48 Å². The molecule has 0 unspecified atom stereocenters. The van der Waals surface area contributed by atoms with Gasteiger partial charge in [-0.2, -0.15) is 0 Å². The molecule has 1 heterocycles. The van der Waals surface area contributed by atoms with Crippen LogP contribution in [0.4, 0.5) is 0 Å². The number of furan rings is 1. The molecule has 0 radical (unpaired) electrons. The largest absolute Gasteiger partial charge is 0.455 e. The molecule has 0 saturated heterocycles. The van der Waals surface area contributed by atoms with Gasteiger partial charge in [0.2, 0.25) is 0 Å². The maximum Gasteiger partial charge on any atom is 0.143 e. The van der Waals surface area contributed by atoms with E-state index >= 15 is 0 Å². The molecule has 0 fully saturated rings. The number of hydrogen-bond acceptors (Lipinski definition) is 1. The maximum absolute atomic E-state index is 9.47. The molecule has 0 amide bonds. The van der Waals surface area contributed by atoms with Crippen LogP contribution in [0.1, 0.15) is 17.8 Å². The van der Waals surface area contributed by atoms with E-state index in [1.807, 2.05) is 24.3 Å².